The molecule has 0 spiro atoms. The van der Waals surface area contributed by atoms with Crippen molar-refractivity contribution in [2.75, 3.05) is 13.1 Å². The maximum atomic E-state index is 11.6. The SMILES string of the molecule is CCCNC(=O)CNC(C)C(=O)OC(C)(C)C. The molecule has 5 heteroatoms. The molecule has 0 aliphatic carbocycles. The third-order valence-corrected chi connectivity index (χ3v) is 1.90. The molecule has 100 valence electrons. The van der Waals surface area contributed by atoms with Crippen molar-refractivity contribution >= 4 is 11.9 Å². The third kappa shape index (κ3) is 8.68. The van der Waals surface area contributed by atoms with Crippen LogP contribution in [0.5, 0.6) is 0 Å². The summed E-state index contributed by atoms with van der Waals surface area (Å²) in [5.41, 5.74) is -0.502. The fourth-order valence-corrected chi connectivity index (χ4v) is 1.05. The summed E-state index contributed by atoms with van der Waals surface area (Å²) in [6.07, 6.45) is 0.896. The number of carbonyl (C=O) groups is 2. The minimum atomic E-state index is -0.502. The van der Waals surface area contributed by atoms with E-state index in [1.54, 1.807) is 6.92 Å². The van der Waals surface area contributed by atoms with E-state index in [1.807, 2.05) is 27.7 Å². The van der Waals surface area contributed by atoms with Crippen molar-refractivity contribution in [3.05, 3.63) is 0 Å². The van der Waals surface area contributed by atoms with E-state index < -0.39 is 11.6 Å². The summed E-state index contributed by atoms with van der Waals surface area (Å²) in [6, 6.07) is -0.485. The standard InChI is InChI=1S/C12H24N2O3/c1-6-7-13-10(15)8-14-9(2)11(16)17-12(3,4)5/h9,14H,6-8H2,1-5H3,(H,13,15). The molecule has 0 aromatic heterocycles. The first-order chi connectivity index (χ1) is 7.76. The van der Waals surface area contributed by atoms with E-state index in [2.05, 4.69) is 10.6 Å². The summed E-state index contributed by atoms with van der Waals surface area (Å²) in [6.45, 7) is 9.88. The number of hydrogen-bond donors (Lipinski definition) is 2. The van der Waals surface area contributed by atoms with Gasteiger partial charge in [0.1, 0.15) is 11.6 Å². The zero-order valence-corrected chi connectivity index (χ0v) is 11.4. The predicted octanol–water partition coefficient (Wildman–Crippen LogP) is 0.832. The highest BCUT2D eigenvalue weighted by molar-refractivity contribution is 5.80. The number of nitrogens with one attached hydrogen (secondary N) is 2. The van der Waals surface area contributed by atoms with Gasteiger partial charge in [0.05, 0.1) is 6.54 Å². The molecule has 0 bridgehead atoms. The molecule has 0 saturated carbocycles. The molecule has 0 saturated heterocycles. The minimum Gasteiger partial charge on any atom is -0.459 e. The Kier molecular flexibility index (Phi) is 6.80. The molecule has 0 aliphatic heterocycles. The number of hydrogen-bond acceptors (Lipinski definition) is 4. The Balaban J connectivity index is 3.89. The molecule has 0 rings (SSSR count). The molecule has 0 aliphatic rings. The maximum absolute atomic E-state index is 11.6. The second-order valence-corrected chi connectivity index (χ2v) is 4.99. The molecular formula is C12H24N2O3. The average molecular weight is 244 g/mol. The van der Waals surface area contributed by atoms with Gasteiger partial charge < -0.3 is 10.1 Å². The van der Waals surface area contributed by atoms with Gasteiger partial charge in [0.25, 0.3) is 0 Å². The molecule has 0 fully saturated rings. The molecule has 5 nitrogen and oxygen atoms in total. The smallest absolute Gasteiger partial charge is 0.323 e. The lowest BCUT2D eigenvalue weighted by Gasteiger charge is -2.22. The van der Waals surface area contributed by atoms with E-state index in [1.165, 1.54) is 0 Å². The largest absolute Gasteiger partial charge is 0.459 e. The van der Waals surface area contributed by atoms with Crippen molar-refractivity contribution in [1.29, 1.82) is 0 Å². The van der Waals surface area contributed by atoms with Crippen LogP contribution in [0.3, 0.4) is 0 Å². The van der Waals surface area contributed by atoms with Crippen LogP contribution < -0.4 is 10.6 Å². The topological polar surface area (TPSA) is 67.4 Å². The lowest BCUT2D eigenvalue weighted by atomic mass is 10.2. The van der Waals surface area contributed by atoms with Crippen molar-refractivity contribution < 1.29 is 14.3 Å². The van der Waals surface area contributed by atoms with Gasteiger partial charge in [-0.3, -0.25) is 14.9 Å². The summed E-state index contributed by atoms with van der Waals surface area (Å²) in [4.78, 5) is 22.9. The van der Waals surface area contributed by atoms with Gasteiger partial charge in [0.2, 0.25) is 5.91 Å². The van der Waals surface area contributed by atoms with Crippen LogP contribution in [0.15, 0.2) is 0 Å². The maximum Gasteiger partial charge on any atom is 0.323 e. The van der Waals surface area contributed by atoms with Crippen LogP contribution in [0.25, 0.3) is 0 Å². The van der Waals surface area contributed by atoms with Crippen molar-refractivity contribution in [2.24, 2.45) is 0 Å². The quantitative estimate of drug-likeness (QED) is 0.679. The number of esters is 1. The lowest BCUT2D eigenvalue weighted by molar-refractivity contribution is -0.156. The van der Waals surface area contributed by atoms with E-state index in [4.69, 9.17) is 4.74 Å². The fraction of sp³-hybridized carbons (Fsp3) is 0.833. The van der Waals surface area contributed by atoms with Gasteiger partial charge >= 0.3 is 5.97 Å². The first-order valence-electron chi connectivity index (χ1n) is 5.99. The van der Waals surface area contributed by atoms with Gasteiger partial charge in [-0.2, -0.15) is 0 Å². The van der Waals surface area contributed by atoms with Gasteiger partial charge in [0, 0.05) is 6.54 Å². The van der Waals surface area contributed by atoms with E-state index in [-0.39, 0.29) is 18.4 Å². The molecule has 0 heterocycles. The second-order valence-electron chi connectivity index (χ2n) is 4.99. The lowest BCUT2D eigenvalue weighted by Crippen LogP contribution is -2.44. The summed E-state index contributed by atoms with van der Waals surface area (Å²) < 4.78 is 5.18. The number of ether oxygens (including phenoxy) is 1. The molecular weight excluding hydrogens is 220 g/mol. The summed E-state index contributed by atoms with van der Waals surface area (Å²) in [5.74, 6) is -0.456. The zero-order chi connectivity index (χ0) is 13.5. The number of carbonyl (C=O) groups excluding carboxylic acids is 2. The summed E-state index contributed by atoms with van der Waals surface area (Å²) in [5, 5.41) is 5.55. The molecule has 0 aromatic rings. The Hall–Kier alpha value is -1.10. The van der Waals surface area contributed by atoms with Crippen LogP contribution in [-0.4, -0.2) is 36.6 Å². The van der Waals surface area contributed by atoms with E-state index >= 15 is 0 Å². The highest BCUT2D eigenvalue weighted by atomic mass is 16.6. The Morgan fingerprint density at radius 2 is 1.88 bits per heavy atom. The van der Waals surface area contributed by atoms with Crippen LogP contribution in [0, 0.1) is 0 Å². The Labute approximate surface area is 103 Å². The summed E-state index contributed by atoms with van der Waals surface area (Å²) >= 11 is 0. The molecule has 0 radical (unpaired) electrons. The van der Waals surface area contributed by atoms with Crippen LogP contribution in [0.2, 0.25) is 0 Å². The molecule has 2 N–H and O–H groups in total. The van der Waals surface area contributed by atoms with E-state index in [0.29, 0.717) is 6.54 Å². The first kappa shape index (κ1) is 15.9. The Morgan fingerprint density at radius 3 is 2.35 bits per heavy atom. The van der Waals surface area contributed by atoms with Crippen LogP contribution in [0.1, 0.15) is 41.0 Å². The normalized spacial score (nSPS) is 13.0. The molecule has 0 aromatic carbocycles. The van der Waals surface area contributed by atoms with Gasteiger partial charge in [-0.25, -0.2) is 0 Å². The highest BCUT2D eigenvalue weighted by Crippen LogP contribution is 2.07. The highest BCUT2D eigenvalue weighted by Gasteiger charge is 2.21. The van der Waals surface area contributed by atoms with Gasteiger partial charge in [-0.15, -0.1) is 0 Å². The van der Waals surface area contributed by atoms with Crippen LogP contribution >= 0.6 is 0 Å². The predicted molar refractivity (Wildman–Crippen MR) is 66.6 cm³/mol. The number of rotatable bonds is 6. The molecule has 17 heavy (non-hydrogen) atoms. The molecule has 1 unspecified atom stereocenters. The van der Waals surface area contributed by atoms with Gasteiger partial charge in [0.15, 0.2) is 0 Å². The second kappa shape index (κ2) is 7.27. The van der Waals surface area contributed by atoms with Crippen molar-refractivity contribution in [3.8, 4) is 0 Å². The van der Waals surface area contributed by atoms with Crippen LogP contribution in [-0.2, 0) is 14.3 Å². The van der Waals surface area contributed by atoms with Crippen molar-refractivity contribution in [2.45, 2.75) is 52.7 Å². The average Bonchev–Trinajstić information content (AvgIpc) is 2.20. The van der Waals surface area contributed by atoms with Crippen molar-refractivity contribution in [1.82, 2.24) is 10.6 Å². The number of amides is 1. The molecule has 1 atom stereocenters. The Bertz CT molecular complexity index is 259. The van der Waals surface area contributed by atoms with Crippen LogP contribution in [0.4, 0.5) is 0 Å². The molecule has 1 amide bonds. The monoisotopic (exact) mass is 244 g/mol. The van der Waals surface area contributed by atoms with Gasteiger partial charge in [-0.05, 0) is 34.1 Å². The Morgan fingerprint density at radius 1 is 1.29 bits per heavy atom. The summed E-state index contributed by atoms with van der Waals surface area (Å²) in [7, 11) is 0. The van der Waals surface area contributed by atoms with Crippen molar-refractivity contribution in [3.63, 3.8) is 0 Å². The fourth-order valence-electron chi connectivity index (χ4n) is 1.05. The zero-order valence-electron chi connectivity index (χ0n) is 11.4. The van der Waals surface area contributed by atoms with E-state index in [0.717, 1.165) is 6.42 Å². The first-order valence-corrected chi connectivity index (χ1v) is 5.99. The third-order valence-electron chi connectivity index (χ3n) is 1.90. The van der Waals surface area contributed by atoms with Gasteiger partial charge in [-0.1, -0.05) is 6.92 Å². The van der Waals surface area contributed by atoms with E-state index in [9.17, 15) is 9.59 Å². The minimum absolute atomic E-state index is 0.109.